The molecule has 0 aliphatic carbocycles. The molecule has 0 fully saturated rings. The molecule has 1 aliphatic rings. The van der Waals surface area contributed by atoms with Crippen molar-refractivity contribution in [3.05, 3.63) is 76.8 Å². The number of fused-ring (bicyclic) bond motifs is 3. The third kappa shape index (κ3) is 3.86. The minimum Gasteiger partial charge on any atom is -0.380 e. The van der Waals surface area contributed by atoms with Gasteiger partial charge in [0.05, 0.1) is 17.2 Å². The smallest absolute Gasteiger partial charge is 0.265 e. The lowest BCUT2D eigenvalue weighted by molar-refractivity contribution is -0.114. The van der Waals surface area contributed by atoms with E-state index in [9.17, 15) is 13.2 Å². The number of halogens is 1. The van der Waals surface area contributed by atoms with Crippen LogP contribution in [0.3, 0.4) is 0 Å². The summed E-state index contributed by atoms with van der Waals surface area (Å²) in [6.07, 6.45) is 0. The van der Waals surface area contributed by atoms with E-state index in [1.165, 1.54) is 0 Å². The van der Waals surface area contributed by atoms with E-state index in [-0.39, 0.29) is 11.4 Å². The quantitative estimate of drug-likeness (QED) is 0.579. The van der Waals surface area contributed by atoms with Crippen molar-refractivity contribution in [3.63, 3.8) is 0 Å². The number of nitrogens with one attached hydrogen (secondary N) is 1. The molecule has 30 heavy (non-hydrogen) atoms. The average Bonchev–Trinajstić information content (AvgIpc) is 2.72. The molecule has 3 aromatic carbocycles. The van der Waals surface area contributed by atoms with E-state index in [4.69, 9.17) is 4.74 Å². The highest BCUT2D eigenvalue weighted by atomic mass is 79.9. The van der Waals surface area contributed by atoms with E-state index in [0.29, 0.717) is 23.5 Å². The molecule has 6 nitrogen and oxygen atoms in total. The second kappa shape index (κ2) is 8.22. The number of anilines is 2. The van der Waals surface area contributed by atoms with Crippen LogP contribution in [0, 0.1) is 0 Å². The van der Waals surface area contributed by atoms with Gasteiger partial charge >= 0.3 is 0 Å². The number of ether oxygens (including phenoxy) is 1. The molecule has 4 rings (SSSR count). The highest BCUT2D eigenvalue weighted by Crippen LogP contribution is 2.43. The van der Waals surface area contributed by atoms with Gasteiger partial charge in [0.1, 0.15) is 6.54 Å². The summed E-state index contributed by atoms with van der Waals surface area (Å²) in [4.78, 5) is 13.0. The highest BCUT2D eigenvalue weighted by molar-refractivity contribution is 9.10. The molecule has 0 saturated heterocycles. The van der Waals surface area contributed by atoms with E-state index in [2.05, 4.69) is 21.2 Å². The zero-order valence-electron chi connectivity index (χ0n) is 16.1. The Bertz CT molecular complexity index is 1230. The molecular formula is C22H19BrN2O4S. The van der Waals surface area contributed by atoms with E-state index in [0.717, 1.165) is 19.9 Å². The fraction of sp³-hybridized carbons (Fsp3) is 0.136. The zero-order valence-corrected chi connectivity index (χ0v) is 18.5. The summed E-state index contributed by atoms with van der Waals surface area (Å²) in [5.41, 5.74) is 3.34. The monoisotopic (exact) mass is 486 g/mol. The normalized spacial score (nSPS) is 14.0. The van der Waals surface area contributed by atoms with Crippen molar-refractivity contribution < 1.29 is 17.9 Å². The first-order valence-electron chi connectivity index (χ1n) is 9.19. The van der Waals surface area contributed by atoms with Crippen LogP contribution < -0.4 is 9.62 Å². The van der Waals surface area contributed by atoms with Gasteiger partial charge in [0.2, 0.25) is 5.91 Å². The van der Waals surface area contributed by atoms with Crippen molar-refractivity contribution in [1.82, 2.24) is 0 Å². The third-order valence-electron chi connectivity index (χ3n) is 4.78. The van der Waals surface area contributed by atoms with Gasteiger partial charge < -0.3 is 10.1 Å². The molecule has 0 unspecified atom stereocenters. The Morgan fingerprint density at radius 2 is 1.83 bits per heavy atom. The van der Waals surface area contributed by atoms with Crippen LogP contribution in [0.25, 0.3) is 11.1 Å². The standard InChI is InChI=1S/C22H19BrN2O4S/c1-29-14-15-5-4-6-17(11-15)24-22(26)13-25-20-10-9-16(23)12-19(20)18-7-2-3-8-21(18)30(25,27)28/h2-12H,13-14H2,1H3,(H,24,26). The van der Waals surface area contributed by atoms with E-state index in [1.54, 1.807) is 55.6 Å². The minimum atomic E-state index is -3.88. The van der Waals surface area contributed by atoms with Crippen molar-refractivity contribution in [2.24, 2.45) is 0 Å². The van der Waals surface area contributed by atoms with Gasteiger partial charge in [0.25, 0.3) is 10.0 Å². The number of methoxy groups -OCH3 is 1. The molecule has 0 saturated carbocycles. The Hall–Kier alpha value is -2.68. The number of benzene rings is 3. The van der Waals surface area contributed by atoms with Crippen molar-refractivity contribution in [2.45, 2.75) is 11.5 Å². The lowest BCUT2D eigenvalue weighted by Gasteiger charge is -2.31. The maximum atomic E-state index is 13.3. The number of carbonyl (C=O) groups excluding carboxylic acids is 1. The Morgan fingerprint density at radius 1 is 1.03 bits per heavy atom. The van der Waals surface area contributed by atoms with Crippen LogP contribution in [0.4, 0.5) is 11.4 Å². The summed E-state index contributed by atoms with van der Waals surface area (Å²) in [5.74, 6) is -0.429. The summed E-state index contributed by atoms with van der Waals surface area (Å²) in [6, 6.07) is 19.4. The number of hydrogen-bond acceptors (Lipinski definition) is 4. The van der Waals surface area contributed by atoms with Crippen LogP contribution in [0.15, 0.2) is 76.1 Å². The summed E-state index contributed by atoms with van der Waals surface area (Å²) in [7, 11) is -2.28. The van der Waals surface area contributed by atoms with Gasteiger partial charge in [-0.15, -0.1) is 0 Å². The Kier molecular flexibility index (Phi) is 5.64. The van der Waals surface area contributed by atoms with Crippen LogP contribution in [-0.2, 0) is 26.2 Å². The predicted molar refractivity (Wildman–Crippen MR) is 120 cm³/mol. The number of nitrogens with zero attached hydrogens (tertiary/aromatic N) is 1. The van der Waals surface area contributed by atoms with Crippen LogP contribution in [0.2, 0.25) is 0 Å². The van der Waals surface area contributed by atoms with Gasteiger partial charge in [-0.05, 0) is 42.0 Å². The minimum absolute atomic E-state index is 0.186. The summed E-state index contributed by atoms with van der Waals surface area (Å²) in [5, 5.41) is 2.78. The Balaban J connectivity index is 1.67. The van der Waals surface area contributed by atoms with Crippen molar-refractivity contribution in [3.8, 4) is 11.1 Å². The van der Waals surface area contributed by atoms with Gasteiger partial charge in [-0.3, -0.25) is 9.10 Å². The Labute approximate surface area is 183 Å². The summed E-state index contributed by atoms with van der Waals surface area (Å²) >= 11 is 3.45. The second-order valence-corrected chi connectivity index (χ2v) is 9.60. The molecule has 1 heterocycles. The lowest BCUT2D eigenvalue weighted by Crippen LogP contribution is -2.40. The van der Waals surface area contributed by atoms with Crippen molar-refractivity contribution in [1.29, 1.82) is 0 Å². The van der Waals surface area contributed by atoms with Crippen LogP contribution in [-0.4, -0.2) is 28.0 Å². The fourth-order valence-corrected chi connectivity index (χ4v) is 5.52. The largest absolute Gasteiger partial charge is 0.380 e. The van der Waals surface area contributed by atoms with Gasteiger partial charge in [0, 0.05) is 28.4 Å². The van der Waals surface area contributed by atoms with Crippen LogP contribution in [0.1, 0.15) is 5.56 Å². The first-order valence-corrected chi connectivity index (χ1v) is 11.4. The third-order valence-corrected chi connectivity index (χ3v) is 7.09. The number of amides is 1. The Morgan fingerprint density at radius 3 is 2.63 bits per heavy atom. The molecule has 1 aliphatic heterocycles. The first-order chi connectivity index (χ1) is 14.4. The SMILES string of the molecule is COCc1cccc(NC(=O)CN2c3ccc(Br)cc3-c3ccccc3S2(=O)=O)c1. The highest BCUT2D eigenvalue weighted by Gasteiger charge is 2.35. The topological polar surface area (TPSA) is 75.7 Å². The van der Waals surface area contributed by atoms with E-state index < -0.39 is 15.9 Å². The van der Waals surface area contributed by atoms with E-state index >= 15 is 0 Å². The molecule has 1 amide bonds. The molecule has 154 valence electrons. The predicted octanol–water partition coefficient (Wildman–Crippen LogP) is 4.41. The molecule has 1 N–H and O–H groups in total. The molecule has 8 heteroatoms. The zero-order chi connectivity index (χ0) is 21.3. The van der Waals surface area contributed by atoms with Gasteiger partial charge in [-0.2, -0.15) is 0 Å². The number of carbonyl (C=O) groups is 1. The molecule has 0 aromatic heterocycles. The van der Waals surface area contributed by atoms with E-state index in [1.807, 2.05) is 18.2 Å². The maximum Gasteiger partial charge on any atom is 0.265 e. The number of sulfonamides is 1. The fourth-order valence-electron chi connectivity index (χ4n) is 3.51. The van der Waals surface area contributed by atoms with Crippen molar-refractivity contribution in [2.75, 3.05) is 23.3 Å². The molecule has 0 spiro atoms. The van der Waals surface area contributed by atoms with Crippen molar-refractivity contribution >= 4 is 43.2 Å². The maximum absolute atomic E-state index is 13.3. The average molecular weight is 487 g/mol. The first kappa shape index (κ1) is 20.6. The summed E-state index contributed by atoms with van der Waals surface area (Å²) < 4.78 is 33.7. The lowest BCUT2D eigenvalue weighted by atomic mass is 10.0. The summed E-state index contributed by atoms with van der Waals surface area (Å²) in [6.45, 7) is 0.0864. The molecule has 3 aromatic rings. The molecule has 0 bridgehead atoms. The number of hydrogen-bond donors (Lipinski definition) is 1. The molecule has 0 radical (unpaired) electrons. The van der Waals surface area contributed by atoms with Crippen LogP contribution >= 0.6 is 15.9 Å². The van der Waals surface area contributed by atoms with Gasteiger partial charge in [-0.1, -0.05) is 46.3 Å². The van der Waals surface area contributed by atoms with Crippen LogP contribution in [0.5, 0.6) is 0 Å². The molecular weight excluding hydrogens is 468 g/mol. The van der Waals surface area contributed by atoms with Gasteiger partial charge in [0.15, 0.2) is 0 Å². The number of rotatable bonds is 5. The van der Waals surface area contributed by atoms with Gasteiger partial charge in [-0.25, -0.2) is 8.42 Å². The molecule has 0 atom stereocenters. The second-order valence-electron chi connectivity index (χ2n) is 6.85.